The van der Waals surface area contributed by atoms with Crippen molar-refractivity contribution in [3.8, 4) is 0 Å². The third-order valence-corrected chi connectivity index (χ3v) is 4.36. The molecule has 2 aromatic rings. The third-order valence-electron chi connectivity index (χ3n) is 2.99. The molecule has 108 valence electrons. The highest BCUT2D eigenvalue weighted by Gasteiger charge is 2.17. The van der Waals surface area contributed by atoms with Gasteiger partial charge in [-0.15, -0.1) is 0 Å². The number of rotatable bonds is 5. The monoisotopic (exact) mass is 294 g/mol. The van der Waals surface area contributed by atoms with E-state index < -0.39 is 10.0 Å². The van der Waals surface area contributed by atoms with Crippen molar-refractivity contribution in [1.82, 2.24) is 14.3 Å². The van der Waals surface area contributed by atoms with Crippen LogP contribution in [0.25, 0.3) is 0 Å². The number of aryl methyl sites for hydroxylation is 2. The molecule has 0 unspecified atom stereocenters. The summed E-state index contributed by atoms with van der Waals surface area (Å²) in [4.78, 5) is 4.47. The first-order valence-electron chi connectivity index (χ1n) is 6.20. The normalized spacial score (nSPS) is 11.8. The fourth-order valence-corrected chi connectivity index (χ4v) is 2.97. The van der Waals surface area contributed by atoms with Gasteiger partial charge in [-0.25, -0.2) is 13.1 Å². The molecule has 0 bridgehead atoms. The first-order valence-corrected chi connectivity index (χ1v) is 7.68. The van der Waals surface area contributed by atoms with Crippen LogP contribution < -0.4 is 10.5 Å². The van der Waals surface area contributed by atoms with Gasteiger partial charge in [0.2, 0.25) is 10.0 Å². The highest BCUT2D eigenvalue weighted by Crippen LogP contribution is 2.13. The summed E-state index contributed by atoms with van der Waals surface area (Å²) in [6.45, 7) is 2.32. The van der Waals surface area contributed by atoms with E-state index in [0.29, 0.717) is 12.2 Å². The predicted molar refractivity (Wildman–Crippen MR) is 76.3 cm³/mol. The molecular formula is C13H18N4O2S. The van der Waals surface area contributed by atoms with Crippen molar-refractivity contribution in [1.29, 1.82) is 0 Å². The van der Waals surface area contributed by atoms with E-state index in [1.165, 1.54) is 0 Å². The van der Waals surface area contributed by atoms with Gasteiger partial charge in [0.1, 0.15) is 0 Å². The Morgan fingerprint density at radius 2 is 2.15 bits per heavy atom. The van der Waals surface area contributed by atoms with E-state index in [4.69, 9.17) is 5.73 Å². The number of sulfonamides is 1. The lowest BCUT2D eigenvalue weighted by Crippen LogP contribution is -2.23. The Morgan fingerprint density at radius 1 is 1.40 bits per heavy atom. The van der Waals surface area contributed by atoms with E-state index in [-0.39, 0.29) is 11.4 Å². The van der Waals surface area contributed by atoms with Crippen LogP contribution in [0.4, 0.5) is 0 Å². The van der Waals surface area contributed by atoms with Crippen molar-refractivity contribution < 1.29 is 8.42 Å². The molecule has 0 aliphatic heterocycles. The van der Waals surface area contributed by atoms with E-state index in [1.807, 2.05) is 19.1 Å². The summed E-state index contributed by atoms with van der Waals surface area (Å²) >= 11 is 0. The fourth-order valence-electron chi connectivity index (χ4n) is 1.88. The molecule has 2 heterocycles. The van der Waals surface area contributed by atoms with Gasteiger partial charge in [0, 0.05) is 31.2 Å². The second-order valence-corrected chi connectivity index (χ2v) is 6.34. The minimum atomic E-state index is -3.55. The van der Waals surface area contributed by atoms with Crippen LogP contribution >= 0.6 is 0 Å². The zero-order chi connectivity index (χ0) is 14.8. The van der Waals surface area contributed by atoms with Crippen LogP contribution in [0.3, 0.4) is 0 Å². The Labute approximate surface area is 118 Å². The van der Waals surface area contributed by atoms with Gasteiger partial charge < -0.3 is 10.3 Å². The SMILES string of the molecule is Cc1cccc(CNS(=O)(=O)c2cc(CN)n(C)c2)n1. The summed E-state index contributed by atoms with van der Waals surface area (Å²) in [6.07, 6.45) is 1.55. The molecule has 0 amide bonds. The molecule has 0 saturated carbocycles. The van der Waals surface area contributed by atoms with Crippen LogP contribution in [-0.2, 0) is 30.2 Å². The Morgan fingerprint density at radius 3 is 2.75 bits per heavy atom. The van der Waals surface area contributed by atoms with Crippen molar-refractivity contribution in [2.45, 2.75) is 24.9 Å². The number of hydrogen-bond donors (Lipinski definition) is 2. The molecule has 2 aromatic heterocycles. The number of nitrogens with one attached hydrogen (secondary N) is 1. The lowest BCUT2D eigenvalue weighted by atomic mass is 10.3. The minimum Gasteiger partial charge on any atom is -0.352 e. The van der Waals surface area contributed by atoms with Crippen LogP contribution in [-0.4, -0.2) is 18.0 Å². The van der Waals surface area contributed by atoms with E-state index >= 15 is 0 Å². The predicted octanol–water partition coefficient (Wildman–Crippen LogP) is 0.666. The van der Waals surface area contributed by atoms with Gasteiger partial charge in [0.25, 0.3) is 0 Å². The molecule has 0 aliphatic carbocycles. The van der Waals surface area contributed by atoms with Crippen LogP contribution in [0, 0.1) is 6.92 Å². The molecule has 6 nitrogen and oxygen atoms in total. The number of nitrogens with zero attached hydrogens (tertiary/aromatic N) is 2. The van der Waals surface area contributed by atoms with Crippen LogP contribution in [0.5, 0.6) is 0 Å². The fraction of sp³-hybridized carbons (Fsp3) is 0.308. The lowest BCUT2D eigenvalue weighted by Gasteiger charge is -2.05. The Kier molecular flexibility index (Phi) is 4.22. The maximum Gasteiger partial charge on any atom is 0.242 e. The number of pyridine rings is 1. The Bertz CT molecular complexity index is 707. The molecule has 20 heavy (non-hydrogen) atoms. The van der Waals surface area contributed by atoms with Crippen molar-refractivity contribution in [2.24, 2.45) is 12.8 Å². The zero-order valence-corrected chi connectivity index (χ0v) is 12.3. The molecule has 0 fully saturated rings. The second kappa shape index (κ2) is 5.74. The highest BCUT2D eigenvalue weighted by molar-refractivity contribution is 7.89. The summed E-state index contributed by atoms with van der Waals surface area (Å²) in [5, 5.41) is 0. The average molecular weight is 294 g/mol. The molecule has 0 aromatic carbocycles. The van der Waals surface area contributed by atoms with Crippen LogP contribution in [0.2, 0.25) is 0 Å². The third kappa shape index (κ3) is 3.24. The van der Waals surface area contributed by atoms with E-state index in [9.17, 15) is 8.42 Å². The zero-order valence-electron chi connectivity index (χ0n) is 11.5. The molecule has 7 heteroatoms. The summed E-state index contributed by atoms with van der Waals surface area (Å²) in [5.74, 6) is 0. The lowest BCUT2D eigenvalue weighted by molar-refractivity contribution is 0.580. The number of hydrogen-bond acceptors (Lipinski definition) is 4. The van der Waals surface area contributed by atoms with Crippen molar-refractivity contribution >= 4 is 10.0 Å². The summed E-state index contributed by atoms with van der Waals surface area (Å²) in [7, 11) is -1.78. The molecule has 0 spiro atoms. The molecule has 0 aliphatic rings. The summed E-state index contributed by atoms with van der Waals surface area (Å²) < 4.78 is 28.6. The van der Waals surface area contributed by atoms with Crippen molar-refractivity contribution in [2.75, 3.05) is 0 Å². The van der Waals surface area contributed by atoms with E-state index in [0.717, 1.165) is 11.4 Å². The van der Waals surface area contributed by atoms with Crippen molar-refractivity contribution in [3.05, 3.63) is 47.5 Å². The maximum atomic E-state index is 12.2. The maximum absolute atomic E-state index is 12.2. The van der Waals surface area contributed by atoms with Gasteiger partial charge in [0.05, 0.1) is 17.1 Å². The second-order valence-electron chi connectivity index (χ2n) is 4.58. The molecule has 0 saturated heterocycles. The quantitative estimate of drug-likeness (QED) is 0.848. The topological polar surface area (TPSA) is 90.0 Å². The van der Waals surface area contributed by atoms with Crippen LogP contribution in [0.15, 0.2) is 35.4 Å². The summed E-state index contributed by atoms with van der Waals surface area (Å²) in [5.41, 5.74) is 7.84. The van der Waals surface area contributed by atoms with E-state index in [2.05, 4.69) is 9.71 Å². The molecule has 0 atom stereocenters. The Balaban J connectivity index is 2.15. The van der Waals surface area contributed by atoms with Crippen molar-refractivity contribution in [3.63, 3.8) is 0 Å². The van der Waals surface area contributed by atoms with Gasteiger partial charge in [-0.05, 0) is 25.1 Å². The molecule has 0 radical (unpaired) electrons. The standard InChI is InChI=1S/C13H18N4O2S/c1-10-4-3-5-11(16-10)8-15-20(18,19)13-6-12(7-14)17(2)9-13/h3-6,9,15H,7-8,14H2,1-2H3. The van der Waals surface area contributed by atoms with E-state index in [1.54, 1.807) is 29.9 Å². The van der Waals surface area contributed by atoms with Gasteiger partial charge in [-0.1, -0.05) is 6.07 Å². The first kappa shape index (κ1) is 14.7. The smallest absolute Gasteiger partial charge is 0.242 e. The van der Waals surface area contributed by atoms with Crippen LogP contribution in [0.1, 0.15) is 17.1 Å². The van der Waals surface area contributed by atoms with Gasteiger partial charge in [-0.3, -0.25) is 4.98 Å². The van der Waals surface area contributed by atoms with Gasteiger partial charge >= 0.3 is 0 Å². The Hall–Kier alpha value is -1.70. The van der Waals surface area contributed by atoms with Gasteiger partial charge in [-0.2, -0.15) is 0 Å². The average Bonchev–Trinajstić information content (AvgIpc) is 2.79. The molecular weight excluding hydrogens is 276 g/mol. The minimum absolute atomic E-state index is 0.164. The summed E-state index contributed by atoms with van der Waals surface area (Å²) in [6, 6.07) is 7.07. The molecule has 2 rings (SSSR count). The highest BCUT2D eigenvalue weighted by atomic mass is 32.2. The molecule has 3 N–H and O–H groups in total. The largest absolute Gasteiger partial charge is 0.352 e. The first-order chi connectivity index (χ1) is 9.42. The number of nitrogens with two attached hydrogens (primary N) is 1. The number of aromatic nitrogens is 2. The van der Waals surface area contributed by atoms with Gasteiger partial charge in [0.15, 0.2) is 0 Å².